The van der Waals surface area contributed by atoms with Crippen LogP contribution in [0.15, 0.2) is 0 Å². The van der Waals surface area contributed by atoms with Gasteiger partial charge in [-0.15, -0.1) is 0 Å². The summed E-state index contributed by atoms with van der Waals surface area (Å²) in [6.45, 7) is 0.450. The minimum atomic E-state index is -3.07. The van der Waals surface area contributed by atoms with E-state index >= 15 is 0 Å². The van der Waals surface area contributed by atoms with Crippen LogP contribution in [0, 0.1) is 5.92 Å². The molecular formula is C10H20N2O3S. The van der Waals surface area contributed by atoms with Crippen LogP contribution in [0.2, 0.25) is 0 Å². The Hall–Kier alpha value is -0.620. The molecule has 94 valence electrons. The summed E-state index contributed by atoms with van der Waals surface area (Å²) < 4.78 is 21.9. The topological polar surface area (TPSA) is 80.5 Å². The van der Waals surface area contributed by atoms with Crippen molar-refractivity contribution in [1.82, 2.24) is 4.90 Å². The van der Waals surface area contributed by atoms with Crippen molar-refractivity contribution in [1.29, 1.82) is 0 Å². The number of nitrogens with zero attached hydrogens (tertiary/aromatic N) is 1. The number of sulfone groups is 1. The molecule has 0 spiro atoms. The fourth-order valence-corrected chi connectivity index (χ4v) is 2.33. The third-order valence-electron chi connectivity index (χ3n) is 2.99. The number of carbonyl (C=O) groups is 1. The molecule has 2 N–H and O–H groups in total. The summed E-state index contributed by atoms with van der Waals surface area (Å²) in [5.74, 6) is 0.294. The quantitative estimate of drug-likeness (QED) is 0.694. The van der Waals surface area contributed by atoms with Crippen molar-refractivity contribution in [2.45, 2.75) is 25.3 Å². The normalized spacial score (nSPS) is 18.2. The van der Waals surface area contributed by atoms with E-state index in [1.807, 2.05) is 0 Å². The number of amides is 1. The molecule has 1 unspecified atom stereocenters. The summed E-state index contributed by atoms with van der Waals surface area (Å²) in [6, 6.07) is 0.0760. The summed E-state index contributed by atoms with van der Waals surface area (Å²) in [5.41, 5.74) is 5.62. The third-order valence-corrected chi connectivity index (χ3v) is 3.93. The maximum absolute atomic E-state index is 11.7. The van der Waals surface area contributed by atoms with E-state index in [2.05, 4.69) is 0 Å². The van der Waals surface area contributed by atoms with Gasteiger partial charge in [-0.05, 0) is 18.8 Å². The summed E-state index contributed by atoms with van der Waals surface area (Å²) >= 11 is 0. The van der Waals surface area contributed by atoms with E-state index in [1.54, 1.807) is 11.9 Å². The lowest BCUT2D eigenvalue weighted by atomic mass is 10.1. The fourth-order valence-electron chi connectivity index (χ4n) is 1.78. The van der Waals surface area contributed by atoms with Gasteiger partial charge in [0, 0.05) is 32.3 Å². The summed E-state index contributed by atoms with van der Waals surface area (Å²) in [6.07, 6.45) is 3.43. The van der Waals surface area contributed by atoms with Crippen LogP contribution in [-0.2, 0) is 14.6 Å². The highest BCUT2D eigenvalue weighted by molar-refractivity contribution is 7.90. The molecule has 0 aliphatic heterocycles. The molecule has 0 aromatic rings. The van der Waals surface area contributed by atoms with E-state index in [-0.39, 0.29) is 24.1 Å². The van der Waals surface area contributed by atoms with Gasteiger partial charge >= 0.3 is 0 Å². The lowest BCUT2D eigenvalue weighted by Crippen LogP contribution is -2.43. The zero-order chi connectivity index (χ0) is 12.3. The van der Waals surface area contributed by atoms with Crippen LogP contribution in [0.1, 0.15) is 19.3 Å². The molecule has 0 aromatic carbocycles. The highest BCUT2D eigenvalue weighted by Crippen LogP contribution is 2.34. The standard InChI is InChI=1S/C10H20N2O3S/c1-12(9(7-11)8-3-4-8)10(13)5-6-16(2,14)15/h8-9H,3-7,11H2,1-2H3. The van der Waals surface area contributed by atoms with E-state index in [0.29, 0.717) is 12.5 Å². The highest BCUT2D eigenvalue weighted by Gasteiger charge is 2.34. The molecule has 1 fully saturated rings. The summed E-state index contributed by atoms with van der Waals surface area (Å²) in [5, 5.41) is 0. The van der Waals surface area contributed by atoms with Crippen LogP contribution in [0.5, 0.6) is 0 Å². The van der Waals surface area contributed by atoms with Gasteiger partial charge in [-0.3, -0.25) is 4.79 Å². The number of hydrogen-bond acceptors (Lipinski definition) is 4. The van der Waals surface area contributed by atoms with Gasteiger partial charge in [0.25, 0.3) is 0 Å². The van der Waals surface area contributed by atoms with E-state index in [9.17, 15) is 13.2 Å². The van der Waals surface area contributed by atoms with Gasteiger partial charge in [-0.1, -0.05) is 0 Å². The summed E-state index contributed by atoms with van der Waals surface area (Å²) in [7, 11) is -1.36. The largest absolute Gasteiger partial charge is 0.341 e. The van der Waals surface area contributed by atoms with E-state index < -0.39 is 9.84 Å². The Balaban J connectivity index is 2.46. The van der Waals surface area contributed by atoms with Crippen LogP contribution in [-0.4, -0.2) is 50.9 Å². The second-order valence-corrected chi connectivity index (χ2v) is 6.78. The predicted octanol–water partition coefficient (Wildman–Crippen LogP) is -0.383. The first-order valence-corrected chi connectivity index (χ1v) is 7.54. The molecule has 0 aromatic heterocycles. The second kappa shape index (κ2) is 5.14. The average Bonchev–Trinajstić information content (AvgIpc) is 2.98. The van der Waals surface area contributed by atoms with Crippen molar-refractivity contribution >= 4 is 15.7 Å². The maximum atomic E-state index is 11.7. The zero-order valence-corrected chi connectivity index (χ0v) is 10.7. The molecule has 1 atom stereocenters. The van der Waals surface area contributed by atoms with E-state index in [1.165, 1.54) is 0 Å². The highest BCUT2D eigenvalue weighted by atomic mass is 32.2. The minimum Gasteiger partial charge on any atom is -0.341 e. The van der Waals surface area contributed by atoms with Gasteiger partial charge in [0.15, 0.2) is 0 Å². The molecule has 6 heteroatoms. The molecule has 1 saturated carbocycles. The Morgan fingerprint density at radius 1 is 1.50 bits per heavy atom. The second-order valence-electron chi connectivity index (χ2n) is 4.52. The average molecular weight is 248 g/mol. The van der Waals surface area contributed by atoms with Crippen molar-refractivity contribution in [3.05, 3.63) is 0 Å². The SMILES string of the molecule is CN(C(=O)CCS(C)(=O)=O)C(CN)C1CC1. The molecule has 16 heavy (non-hydrogen) atoms. The lowest BCUT2D eigenvalue weighted by molar-refractivity contribution is -0.131. The van der Waals surface area contributed by atoms with Crippen LogP contribution in [0.4, 0.5) is 0 Å². The number of likely N-dealkylation sites (N-methyl/N-ethyl adjacent to an activating group) is 1. The summed E-state index contributed by atoms with van der Waals surface area (Å²) in [4.78, 5) is 13.3. The van der Waals surface area contributed by atoms with Crippen LogP contribution < -0.4 is 5.73 Å². The number of hydrogen-bond donors (Lipinski definition) is 1. The third kappa shape index (κ3) is 4.09. The molecule has 0 heterocycles. The molecule has 1 amide bonds. The van der Waals surface area contributed by atoms with Crippen molar-refractivity contribution in [2.75, 3.05) is 25.6 Å². The molecule has 1 aliphatic carbocycles. The zero-order valence-electron chi connectivity index (χ0n) is 9.85. The van der Waals surface area contributed by atoms with Gasteiger partial charge < -0.3 is 10.6 Å². The van der Waals surface area contributed by atoms with Crippen molar-refractivity contribution < 1.29 is 13.2 Å². The molecular weight excluding hydrogens is 228 g/mol. The molecule has 1 rings (SSSR count). The van der Waals surface area contributed by atoms with Gasteiger partial charge in [-0.25, -0.2) is 8.42 Å². The predicted molar refractivity (Wildman–Crippen MR) is 62.7 cm³/mol. The van der Waals surface area contributed by atoms with Gasteiger partial charge in [0.1, 0.15) is 9.84 Å². The maximum Gasteiger partial charge on any atom is 0.223 e. The molecule has 0 radical (unpaired) electrons. The Morgan fingerprint density at radius 3 is 2.44 bits per heavy atom. The van der Waals surface area contributed by atoms with E-state index in [0.717, 1.165) is 19.1 Å². The van der Waals surface area contributed by atoms with Crippen LogP contribution in [0.3, 0.4) is 0 Å². The minimum absolute atomic E-state index is 0.0541. The number of rotatable bonds is 6. The molecule has 5 nitrogen and oxygen atoms in total. The van der Waals surface area contributed by atoms with Crippen LogP contribution in [0.25, 0.3) is 0 Å². The Labute approximate surface area is 96.9 Å². The molecule has 0 saturated heterocycles. The number of carbonyl (C=O) groups excluding carboxylic acids is 1. The Kier molecular flexibility index (Phi) is 4.32. The molecule has 0 bridgehead atoms. The Bertz CT molecular complexity index is 349. The first-order valence-electron chi connectivity index (χ1n) is 5.48. The number of nitrogens with two attached hydrogens (primary N) is 1. The first kappa shape index (κ1) is 13.4. The van der Waals surface area contributed by atoms with Gasteiger partial charge in [-0.2, -0.15) is 0 Å². The first-order chi connectivity index (χ1) is 7.35. The van der Waals surface area contributed by atoms with Crippen molar-refractivity contribution in [2.24, 2.45) is 11.7 Å². The van der Waals surface area contributed by atoms with Crippen molar-refractivity contribution in [3.8, 4) is 0 Å². The molecule has 1 aliphatic rings. The van der Waals surface area contributed by atoms with Crippen molar-refractivity contribution in [3.63, 3.8) is 0 Å². The lowest BCUT2D eigenvalue weighted by Gasteiger charge is -2.27. The van der Waals surface area contributed by atoms with Gasteiger partial charge in [0.2, 0.25) is 5.91 Å². The monoisotopic (exact) mass is 248 g/mol. The smallest absolute Gasteiger partial charge is 0.223 e. The van der Waals surface area contributed by atoms with E-state index in [4.69, 9.17) is 5.73 Å². The Morgan fingerprint density at radius 2 is 2.06 bits per heavy atom. The van der Waals surface area contributed by atoms with Gasteiger partial charge in [0.05, 0.1) is 5.75 Å². The van der Waals surface area contributed by atoms with Crippen LogP contribution >= 0.6 is 0 Å². The fraction of sp³-hybridized carbons (Fsp3) is 0.900.